The van der Waals surface area contributed by atoms with E-state index in [2.05, 4.69) is 60.5 Å². The Hall–Kier alpha value is -1.97. The van der Waals surface area contributed by atoms with Gasteiger partial charge in [0.05, 0.1) is 5.69 Å². The maximum absolute atomic E-state index is 10.4. The van der Waals surface area contributed by atoms with E-state index in [1.165, 1.54) is 5.56 Å². The quantitative estimate of drug-likeness (QED) is 0.808. The van der Waals surface area contributed by atoms with Gasteiger partial charge in [0.25, 0.3) is 0 Å². The van der Waals surface area contributed by atoms with Crippen LogP contribution >= 0.6 is 0 Å². The number of rotatable bonds is 3. The van der Waals surface area contributed by atoms with Gasteiger partial charge in [-0.25, -0.2) is 4.68 Å². The molecule has 0 bridgehead atoms. The monoisotopic (exact) mass is 343 g/mol. The van der Waals surface area contributed by atoms with Gasteiger partial charge in [-0.1, -0.05) is 61.5 Å². The fourth-order valence-corrected chi connectivity index (χ4v) is 3.50. The van der Waals surface area contributed by atoms with Crippen molar-refractivity contribution in [3.05, 3.63) is 35.5 Å². The lowest BCUT2D eigenvalue weighted by atomic mass is 9.72. The first kappa shape index (κ1) is 19.4. The highest BCUT2D eigenvalue weighted by molar-refractivity contribution is 5.54. The van der Waals surface area contributed by atoms with Crippen LogP contribution in [0.25, 0.3) is 5.69 Å². The minimum Gasteiger partial charge on any atom is -0.506 e. The fourth-order valence-electron chi connectivity index (χ4n) is 3.50. The summed E-state index contributed by atoms with van der Waals surface area (Å²) in [7, 11) is 0. The Morgan fingerprint density at radius 2 is 1.60 bits per heavy atom. The van der Waals surface area contributed by atoms with Gasteiger partial charge in [-0.05, 0) is 34.9 Å². The molecule has 0 amide bonds. The third-order valence-electron chi connectivity index (χ3n) is 4.46. The van der Waals surface area contributed by atoms with Crippen molar-refractivity contribution in [1.82, 2.24) is 9.78 Å². The maximum atomic E-state index is 10.4. The molecule has 0 saturated heterocycles. The molecule has 0 saturated carbocycles. The summed E-state index contributed by atoms with van der Waals surface area (Å²) >= 11 is 0. The molecule has 0 fully saturated rings. The number of nitrogens with zero attached hydrogens (tertiary/aromatic N) is 2. The molecule has 0 aliphatic carbocycles. The Balaban J connectivity index is 2.52. The summed E-state index contributed by atoms with van der Waals surface area (Å²) in [6, 6.07) is 7.63. The summed E-state index contributed by atoms with van der Waals surface area (Å²) in [4.78, 5) is 0. The number of hydrogen-bond acceptors (Lipinski definition) is 3. The van der Waals surface area contributed by atoms with Crippen molar-refractivity contribution in [2.24, 2.45) is 5.41 Å². The van der Waals surface area contributed by atoms with Gasteiger partial charge in [-0.15, -0.1) is 0 Å². The van der Waals surface area contributed by atoms with Gasteiger partial charge in [0, 0.05) is 11.5 Å². The van der Waals surface area contributed by atoms with Crippen LogP contribution in [0.15, 0.2) is 24.3 Å². The molecule has 0 aliphatic heterocycles. The number of phenolic OH excluding ortho intramolecular Hbond substituents is 1. The van der Waals surface area contributed by atoms with Crippen molar-refractivity contribution >= 4 is 5.82 Å². The molecule has 4 heteroatoms. The molecule has 0 unspecified atom stereocenters. The van der Waals surface area contributed by atoms with E-state index in [0.717, 1.165) is 12.1 Å². The molecule has 138 valence electrons. The highest BCUT2D eigenvalue weighted by Gasteiger charge is 2.28. The summed E-state index contributed by atoms with van der Waals surface area (Å²) < 4.78 is 1.65. The van der Waals surface area contributed by atoms with Gasteiger partial charge in [0.15, 0.2) is 0 Å². The van der Waals surface area contributed by atoms with E-state index in [4.69, 9.17) is 5.73 Å². The number of hydrogen-bond donors (Lipinski definition) is 2. The number of nitrogens with two attached hydrogens (primary N) is 1. The number of anilines is 1. The number of nitrogen functional groups attached to an aromatic ring is 1. The van der Waals surface area contributed by atoms with Gasteiger partial charge in [0.1, 0.15) is 17.3 Å². The fraction of sp³-hybridized carbons (Fsp3) is 0.571. The highest BCUT2D eigenvalue weighted by atomic mass is 16.3. The van der Waals surface area contributed by atoms with Crippen LogP contribution in [0.2, 0.25) is 0 Å². The first-order valence-corrected chi connectivity index (χ1v) is 8.91. The highest BCUT2D eigenvalue weighted by Crippen LogP contribution is 2.38. The van der Waals surface area contributed by atoms with Gasteiger partial charge in [0.2, 0.25) is 0 Å². The number of phenols is 1. The van der Waals surface area contributed by atoms with Crippen LogP contribution in [0, 0.1) is 5.41 Å². The van der Waals surface area contributed by atoms with Crippen LogP contribution < -0.4 is 5.73 Å². The van der Waals surface area contributed by atoms with Gasteiger partial charge < -0.3 is 10.8 Å². The Bertz CT molecular complexity index is 758. The van der Waals surface area contributed by atoms with Crippen molar-refractivity contribution in [3.8, 4) is 11.4 Å². The molecule has 0 spiro atoms. The van der Waals surface area contributed by atoms with E-state index in [0.29, 0.717) is 11.5 Å². The summed E-state index contributed by atoms with van der Waals surface area (Å²) in [5, 5.41) is 15.0. The first-order chi connectivity index (χ1) is 11.2. The van der Waals surface area contributed by atoms with E-state index >= 15 is 0 Å². The van der Waals surface area contributed by atoms with Crippen molar-refractivity contribution in [2.45, 2.75) is 72.6 Å². The minimum atomic E-state index is -0.0991. The average Bonchev–Trinajstić information content (AvgIpc) is 2.78. The molecule has 1 heterocycles. The molecule has 0 radical (unpaired) electrons. The van der Waals surface area contributed by atoms with E-state index in [1.54, 1.807) is 10.7 Å². The Kier molecular flexibility index (Phi) is 4.71. The lowest BCUT2D eigenvalue weighted by Crippen LogP contribution is -2.25. The Labute approximate surface area is 152 Å². The SMILES string of the molecule is CC(C)(C)CC(C)(C)c1ccc(O)c(-n2nc(C(C)(C)C)cc2N)c1. The molecule has 25 heavy (non-hydrogen) atoms. The molecule has 4 nitrogen and oxygen atoms in total. The van der Waals surface area contributed by atoms with E-state index in [9.17, 15) is 5.11 Å². The van der Waals surface area contributed by atoms with Crippen molar-refractivity contribution in [2.75, 3.05) is 5.73 Å². The Morgan fingerprint density at radius 3 is 2.08 bits per heavy atom. The molecule has 2 aromatic rings. The second-order valence-electron chi connectivity index (χ2n) is 9.94. The average molecular weight is 344 g/mol. The smallest absolute Gasteiger partial charge is 0.141 e. The molecule has 2 rings (SSSR count). The zero-order valence-corrected chi connectivity index (χ0v) is 16.9. The van der Waals surface area contributed by atoms with Crippen LogP contribution in [0.5, 0.6) is 5.75 Å². The van der Waals surface area contributed by atoms with E-state index in [1.807, 2.05) is 18.2 Å². The topological polar surface area (TPSA) is 64.1 Å². The summed E-state index contributed by atoms with van der Waals surface area (Å²) in [6.45, 7) is 17.5. The molecular formula is C21H33N3O. The molecule has 0 aliphatic rings. The Morgan fingerprint density at radius 1 is 1.00 bits per heavy atom. The summed E-state index contributed by atoms with van der Waals surface area (Å²) in [6.07, 6.45) is 1.03. The zero-order chi connectivity index (χ0) is 19.2. The second kappa shape index (κ2) is 6.08. The molecule has 1 aromatic heterocycles. The predicted molar refractivity (Wildman–Crippen MR) is 105 cm³/mol. The second-order valence-corrected chi connectivity index (χ2v) is 9.94. The van der Waals surface area contributed by atoms with Crippen LogP contribution in [-0.2, 0) is 10.8 Å². The lowest BCUT2D eigenvalue weighted by molar-refractivity contribution is 0.284. The molecule has 3 N–H and O–H groups in total. The molecule has 0 atom stereocenters. The van der Waals surface area contributed by atoms with Crippen LogP contribution in [0.3, 0.4) is 0 Å². The summed E-state index contributed by atoms with van der Waals surface area (Å²) in [5.41, 5.74) is 8.99. The normalized spacial score (nSPS) is 13.3. The van der Waals surface area contributed by atoms with Crippen molar-refractivity contribution < 1.29 is 5.11 Å². The number of aromatic nitrogens is 2. The molecular weight excluding hydrogens is 310 g/mol. The van der Waals surface area contributed by atoms with E-state index < -0.39 is 0 Å². The van der Waals surface area contributed by atoms with Crippen molar-refractivity contribution in [3.63, 3.8) is 0 Å². The first-order valence-electron chi connectivity index (χ1n) is 8.91. The van der Waals surface area contributed by atoms with Crippen LogP contribution in [-0.4, -0.2) is 14.9 Å². The van der Waals surface area contributed by atoms with Gasteiger partial charge in [-0.3, -0.25) is 0 Å². The standard InChI is InChI=1S/C21H33N3O/c1-19(2,3)13-21(7,8)14-9-10-16(25)15(11-14)24-18(22)12-17(23-24)20(4,5)6/h9-12,25H,13,22H2,1-8H3. The predicted octanol–water partition coefficient (Wildman–Crippen LogP) is 5.17. The number of aromatic hydroxyl groups is 1. The van der Waals surface area contributed by atoms with Gasteiger partial charge in [-0.2, -0.15) is 5.10 Å². The summed E-state index contributed by atoms with van der Waals surface area (Å²) in [5.74, 6) is 0.719. The lowest BCUT2D eigenvalue weighted by Gasteiger charge is -2.33. The third-order valence-corrected chi connectivity index (χ3v) is 4.46. The third kappa shape index (κ3) is 4.36. The van der Waals surface area contributed by atoms with E-state index in [-0.39, 0.29) is 22.0 Å². The van der Waals surface area contributed by atoms with Crippen molar-refractivity contribution in [1.29, 1.82) is 0 Å². The largest absolute Gasteiger partial charge is 0.506 e. The van der Waals surface area contributed by atoms with Gasteiger partial charge >= 0.3 is 0 Å². The minimum absolute atomic E-state index is 0.0184. The van der Waals surface area contributed by atoms with Crippen LogP contribution in [0.4, 0.5) is 5.82 Å². The molecule has 1 aromatic carbocycles. The van der Waals surface area contributed by atoms with Crippen LogP contribution in [0.1, 0.15) is 73.1 Å². The maximum Gasteiger partial charge on any atom is 0.141 e. The zero-order valence-electron chi connectivity index (χ0n) is 16.9. The number of benzene rings is 1.